The number of carboxylic acids is 1. The van der Waals surface area contributed by atoms with E-state index in [1.165, 1.54) is 31.9 Å². The molecule has 0 saturated heterocycles. The van der Waals surface area contributed by atoms with Crippen LogP contribution >= 0.6 is 0 Å². The number of carboxylic acid groups (broad SMARTS) is 1. The first-order chi connectivity index (χ1) is 6.75. The summed E-state index contributed by atoms with van der Waals surface area (Å²) in [6.45, 7) is 0.806. The zero-order chi connectivity index (χ0) is 9.97. The minimum atomic E-state index is -1.01. The molecule has 5 heteroatoms. The zero-order valence-corrected chi connectivity index (χ0v) is 7.89. The van der Waals surface area contributed by atoms with Gasteiger partial charge in [0.1, 0.15) is 0 Å². The minimum absolute atomic E-state index is 0.0306. The van der Waals surface area contributed by atoms with E-state index in [0.29, 0.717) is 5.92 Å². The molecule has 1 aliphatic carbocycles. The van der Waals surface area contributed by atoms with Crippen molar-refractivity contribution in [1.82, 2.24) is 15.0 Å². The lowest BCUT2D eigenvalue weighted by atomic mass is 10.1. The summed E-state index contributed by atoms with van der Waals surface area (Å²) < 4.78 is 1.64. The maximum atomic E-state index is 10.5. The third kappa shape index (κ3) is 1.92. The smallest absolute Gasteiger partial charge is 0.358 e. The van der Waals surface area contributed by atoms with Crippen LogP contribution in [0.25, 0.3) is 0 Å². The average molecular weight is 195 g/mol. The standard InChI is InChI=1S/C9H13N3O2/c13-9(14)8-6-12(11-10-8)5-7-3-1-2-4-7/h6-7H,1-5H2,(H,13,14). The molecular weight excluding hydrogens is 182 g/mol. The Kier molecular flexibility index (Phi) is 2.47. The van der Waals surface area contributed by atoms with Gasteiger partial charge in [-0.1, -0.05) is 18.1 Å². The molecule has 1 heterocycles. The second-order valence-corrected chi connectivity index (χ2v) is 3.78. The van der Waals surface area contributed by atoms with Crippen LogP contribution in [0, 0.1) is 5.92 Å². The fourth-order valence-corrected chi connectivity index (χ4v) is 1.94. The lowest BCUT2D eigenvalue weighted by Crippen LogP contribution is -2.07. The number of hydrogen-bond acceptors (Lipinski definition) is 3. The molecule has 1 aliphatic rings. The van der Waals surface area contributed by atoms with Crippen molar-refractivity contribution in [3.63, 3.8) is 0 Å². The van der Waals surface area contributed by atoms with E-state index >= 15 is 0 Å². The van der Waals surface area contributed by atoms with Gasteiger partial charge in [-0.25, -0.2) is 4.79 Å². The van der Waals surface area contributed by atoms with Gasteiger partial charge in [-0.3, -0.25) is 4.68 Å². The van der Waals surface area contributed by atoms with E-state index in [0.717, 1.165) is 6.54 Å². The Morgan fingerprint density at radius 2 is 2.29 bits per heavy atom. The van der Waals surface area contributed by atoms with E-state index in [9.17, 15) is 4.79 Å². The number of hydrogen-bond donors (Lipinski definition) is 1. The largest absolute Gasteiger partial charge is 0.476 e. The Morgan fingerprint density at radius 1 is 1.57 bits per heavy atom. The number of rotatable bonds is 3. The molecule has 0 spiro atoms. The Balaban J connectivity index is 1.98. The first-order valence-corrected chi connectivity index (χ1v) is 4.89. The van der Waals surface area contributed by atoms with Crippen LogP contribution in [0.2, 0.25) is 0 Å². The van der Waals surface area contributed by atoms with Crippen LogP contribution in [0.4, 0.5) is 0 Å². The van der Waals surface area contributed by atoms with Crippen LogP contribution in [0.15, 0.2) is 6.20 Å². The fraction of sp³-hybridized carbons (Fsp3) is 0.667. The van der Waals surface area contributed by atoms with E-state index in [4.69, 9.17) is 5.11 Å². The van der Waals surface area contributed by atoms with Crippen LogP contribution in [0.5, 0.6) is 0 Å². The first kappa shape index (κ1) is 9.18. The SMILES string of the molecule is O=C(O)c1cn(CC2CCCC2)nn1. The van der Waals surface area contributed by atoms with Crippen LogP contribution in [-0.2, 0) is 6.54 Å². The predicted molar refractivity (Wildman–Crippen MR) is 48.9 cm³/mol. The molecule has 0 atom stereocenters. The maximum Gasteiger partial charge on any atom is 0.358 e. The summed E-state index contributed by atoms with van der Waals surface area (Å²) in [7, 11) is 0. The molecule has 0 aromatic carbocycles. The van der Waals surface area contributed by atoms with Crippen molar-refractivity contribution in [3.8, 4) is 0 Å². The molecule has 76 valence electrons. The van der Waals surface area contributed by atoms with Crippen molar-refractivity contribution >= 4 is 5.97 Å². The molecule has 1 N–H and O–H groups in total. The lowest BCUT2D eigenvalue weighted by Gasteiger charge is -2.06. The van der Waals surface area contributed by atoms with Gasteiger partial charge in [0.25, 0.3) is 0 Å². The van der Waals surface area contributed by atoms with Crippen molar-refractivity contribution in [1.29, 1.82) is 0 Å². The number of aromatic carboxylic acids is 1. The summed E-state index contributed by atoms with van der Waals surface area (Å²) in [6.07, 6.45) is 6.52. The maximum absolute atomic E-state index is 10.5. The van der Waals surface area contributed by atoms with Crippen molar-refractivity contribution in [3.05, 3.63) is 11.9 Å². The van der Waals surface area contributed by atoms with Gasteiger partial charge in [0.15, 0.2) is 5.69 Å². The van der Waals surface area contributed by atoms with E-state index in [1.54, 1.807) is 4.68 Å². The summed E-state index contributed by atoms with van der Waals surface area (Å²) >= 11 is 0. The zero-order valence-electron chi connectivity index (χ0n) is 7.89. The molecule has 1 fully saturated rings. The molecule has 0 bridgehead atoms. The Bertz CT molecular complexity index is 329. The minimum Gasteiger partial charge on any atom is -0.476 e. The van der Waals surface area contributed by atoms with Gasteiger partial charge in [0.05, 0.1) is 6.20 Å². The van der Waals surface area contributed by atoms with Crippen LogP contribution in [-0.4, -0.2) is 26.1 Å². The van der Waals surface area contributed by atoms with E-state index in [-0.39, 0.29) is 5.69 Å². The van der Waals surface area contributed by atoms with Gasteiger partial charge < -0.3 is 5.11 Å². The number of nitrogens with zero attached hydrogens (tertiary/aromatic N) is 3. The van der Waals surface area contributed by atoms with Crippen LogP contribution in [0.1, 0.15) is 36.2 Å². The summed E-state index contributed by atoms with van der Waals surface area (Å²) in [4.78, 5) is 10.5. The van der Waals surface area contributed by atoms with Crippen LogP contribution < -0.4 is 0 Å². The van der Waals surface area contributed by atoms with Gasteiger partial charge in [-0.2, -0.15) is 0 Å². The molecule has 14 heavy (non-hydrogen) atoms. The Labute approximate surface area is 81.7 Å². The first-order valence-electron chi connectivity index (χ1n) is 4.89. The second kappa shape index (κ2) is 3.77. The third-order valence-electron chi connectivity index (χ3n) is 2.68. The quantitative estimate of drug-likeness (QED) is 0.786. The predicted octanol–water partition coefficient (Wildman–Crippen LogP) is 1.17. The molecule has 2 rings (SSSR count). The molecule has 1 saturated carbocycles. The highest BCUT2D eigenvalue weighted by Gasteiger charge is 2.17. The van der Waals surface area contributed by atoms with Crippen LogP contribution in [0.3, 0.4) is 0 Å². The third-order valence-corrected chi connectivity index (χ3v) is 2.68. The number of carbonyl (C=O) groups is 1. The van der Waals surface area contributed by atoms with Gasteiger partial charge in [-0.15, -0.1) is 5.10 Å². The van der Waals surface area contributed by atoms with Gasteiger partial charge in [0, 0.05) is 6.54 Å². The molecule has 0 amide bonds. The molecule has 0 aliphatic heterocycles. The van der Waals surface area contributed by atoms with Crippen molar-refractivity contribution in [2.24, 2.45) is 5.92 Å². The molecule has 1 aromatic heterocycles. The summed E-state index contributed by atoms with van der Waals surface area (Å²) in [5.41, 5.74) is 0.0306. The topological polar surface area (TPSA) is 68.0 Å². The molecule has 0 unspecified atom stereocenters. The van der Waals surface area contributed by atoms with Gasteiger partial charge in [-0.05, 0) is 18.8 Å². The molecular formula is C9H13N3O2. The molecule has 0 radical (unpaired) electrons. The Hall–Kier alpha value is -1.39. The van der Waals surface area contributed by atoms with Crippen molar-refractivity contribution in [2.75, 3.05) is 0 Å². The highest BCUT2D eigenvalue weighted by Crippen LogP contribution is 2.25. The van der Waals surface area contributed by atoms with Gasteiger partial charge in [0.2, 0.25) is 0 Å². The second-order valence-electron chi connectivity index (χ2n) is 3.78. The van der Waals surface area contributed by atoms with E-state index < -0.39 is 5.97 Å². The summed E-state index contributed by atoms with van der Waals surface area (Å²) in [5, 5.41) is 16.0. The average Bonchev–Trinajstić information content (AvgIpc) is 2.75. The summed E-state index contributed by atoms with van der Waals surface area (Å²) in [5.74, 6) is -0.360. The lowest BCUT2D eigenvalue weighted by molar-refractivity contribution is 0.0690. The monoisotopic (exact) mass is 195 g/mol. The summed E-state index contributed by atoms with van der Waals surface area (Å²) in [6, 6.07) is 0. The van der Waals surface area contributed by atoms with E-state index in [2.05, 4.69) is 10.3 Å². The Morgan fingerprint density at radius 3 is 2.86 bits per heavy atom. The highest BCUT2D eigenvalue weighted by molar-refractivity contribution is 5.84. The van der Waals surface area contributed by atoms with Gasteiger partial charge >= 0.3 is 5.97 Å². The molecule has 5 nitrogen and oxygen atoms in total. The fourth-order valence-electron chi connectivity index (χ4n) is 1.94. The normalized spacial score (nSPS) is 17.4. The highest BCUT2D eigenvalue weighted by atomic mass is 16.4. The van der Waals surface area contributed by atoms with Crippen molar-refractivity contribution < 1.29 is 9.90 Å². The van der Waals surface area contributed by atoms with E-state index in [1.807, 2.05) is 0 Å². The van der Waals surface area contributed by atoms with Crippen molar-refractivity contribution in [2.45, 2.75) is 32.2 Å². The number of aromatic nitrogens is 3. The molecule has 1 aromatic rings.